The summed E-state index contributed by atoms with van der Waals surface area (Å²) in [6, 6.07) is 0. The molecule has 0 saturated heterocycles. The van der Waals surface area contributed by atoms with Gasteiger partial charge in [0.15, 0.2) is 0 Å². The van der Waals surface area contributed by atoms with Crippen LogP contribution in [0.1, 0.15) is 30.7 Å². The molecule has 0 aromatic carbocycles. The predicted octanol–water partition coefficient (Wildman–Crippen LogP) is 2.39. The summed E-state index contributed by atoms with van der Waals surface area (Å²) in [5, 5.41) is 0. The Kier molecular flexibility index (Phi) is 2.17. The number of rotatable bonds is 0. The van der Waals surface area contributed by atoms with Crippen molar-refractivity contribution < 1.29 is 4.42 Å². The molecule has 1 N–H and O–H groups in total. The number of nitrogens with zero attached hydrogens (tertiary/aromatic N) is 1. The molecule has 90 valence electrons. The van der Waals surface area contributed by atoms with Crippen LogP contribution in [0.5, 0.6) is 0 Å². The third kappa shape index (κ3) is 1.69. The summed E-state index contributed by atoms with van der Waals surface area (Å²) in [6.07, 6.45) is 0.933. The number of pyridine rings is 1. The molecule has 0 bridgehead atoms. The van der Waals surface area contributed by atoms with E-state index in [2.05, 4.69) is 23.8 Å². The van der Waals surface area contributed by atoms with Crippen LogP contribution in [0, 0.1) is 6.92 Å². The van der Waals surface area contributed by atoms with Crippen molar-refractivity contribution >= 4 is 23.0 Å². The Morgan fingerprint density at radius 3 is 2.94 bits per heavy atom. The Morgan fingerprint density at radius 2 is 2.18 bits per heavy atom. The summed E-state index contributed by atoms with van der Waals surface area (Å²) >= 11 is 1.93. The molecule has 2 aromatic heterocycles. The Labute approximate surface area is 103 Å². The van der Waals surface area contributed by atoms with Crippen LogP contribution in [0.3, 0.4) is 0 Å². The molecule has 5 heteroatoms. The van der Waals surface area contributed by atoms with Gasteiger partial charge < -0.3 is 4.42 Å². The summed E-state index contributed by atoms with van der Waals surface area (Å²) in [6.45, 7) is 6.42. The van der Waals surface area contributed by atoms with Gasteiger partial charge in [-0.1, -0.05) is 13.8 Å². The van der Waals surface area contributed by atoms with Crippen LogP contribution in [0.25, 0.3) is 11.2 Å². The van der Waals surface area contributed by atoms with E-state index in [-0.39, 0.29) is 4.75 Å². The van der Waals surface area contributed by atoms with Gasteiger partial charge in [0.2, 0.25) is 5.71 Å². The first kappa shape index (κ1) is 10.9. The van der Waals surface area contributed by atoms with E-state index in [0.717, 1.165) is 23.4 Å². The molecule has 1 aliphatic rings. The van der Waals surface area contributed by atoms with Crippen LogP contribution in [0.4, 0.5) is 0 Å². The van der Waals surface area contributed by atoms with Crippen molar-refractivity contribution in [3.8, 4) is 0 Å². The zero-order valence-corrected chi connectivity index (χ0v) is 10.9. The molecule has 4 nitrogen and oxygen atoms in total. The maximum absolute atomic E-state index is 11.3. The minimum Gasteiger partial charge on any atom is -0.389 e. The Hall–Kier alpha value is -1.23. The first-order valence-corrected chi connectivity index (χ1v) is 6.60. The van der Waals surface area contributed by atoms with Crippen LogP contribution in [-0.4, -0.2) is 14.7 Å². The molecule has 0 spiro atoms. The number of nitrogens with one attached hydrogen (secondary N) is 1. The zero-order chi connectivity index (χ0) is 12.2. The molecule has 0 unspecified atom stereocenters. The zero-order valence-electron chi connectivity index (χ0n) is 10.1. The average Bonchev–Trinajstić information content (AvgIpc) is 2.57. The minimum atomic E-state index is -0.420. The highest BCUT2D eigenvalue weighted by Crippen LogP contribution is 2.40. The van der Waals surface area contributed by atoms with Gasteiger partial charge in [-0.05, 0) is 24.5 Å². The van der Waals surface area contributed by atoms with Crippen molar-refractivity contribution in [2.45, 2.75) is 37.7 Å². The molecule has 0 aliphatic carbocycles. The van der Waals surface area contributed by atoms with Gasteiger partial charge in [-0.15, -0.1) is 0 Å². The summed E-state index contributed by atoms with van der Waals surface area (Å²) in [5.41, 5.74) is 4.64. The number of hydrogen-bond acceptors (Lipinski definition) is 4. The van der Waals surface area contributed by atoms with Crippen molar-refractivity contribution in [3.63, 3.8) is 0 Å². The van der Waals surface area contributed by atoms with Gasteiger partial charge in [-0.2, -0.15) is 11.8 Å². The number of aromatic nitrogens is 2. The molecule has 17 heavy (non-hydrogen) atoms. The third-order valence-corrected chi connectivity index (χ3v) is 4.57. The van der Waals surface area contributed by atoms with Crippen molar-refractivity contribution in [2.24, 2.45) is 0 Å². The SMILES string of the molecule is Cc1nc2oc(=O)[nH]c2c2c1CSC(C)(C)C2. The lowest BCUT2D eigenvalue weighted by atomic mass is 9.96. The summed E-state index contributed by atoms with van der Waals surface area (Å²) < 4.78 is 5.25. The molecule has 2 aromatic rings. The molecule has 1 aliphatic heterocycles. The average molecular weight is 250 g/mol. The monoisotopic (exact) mass is 250 g/mol. The fourth-order valence-corrected chi connectivity index (χ4v) is 3.49. The molecule has 3 rings (SSSR count). The van der Waals surface area contributed by atoms with E-state index < -0.39 is 5.76 Å². The van der Waals surface area contributed by atoms with E-state index in [1.807, 2.05) is 18.7 Å². The van der Waals surface area contributed by atoms with Crippen LogP contribution < -0.4 is 5.76 Å². The second-order valence-corrected chi connectivity index (χ2v) is 6.76. The molecular formula is C12H14N2O2S. The van der Waals surface area contributed by atoms with Gasteiger partial charge in [0.05, 0.1) is 0 Å². The number of fused-ring (bicyclic) bond motifs is 3. The van der Waals surface area contributed by atoms with E-state index in [9.17, 15) is 4.79 Å². The first-order chi connectivity index (χ1) is 7.96. The quantitative estimate of drug-likeness (QED) is 0.780. The lowest BCUT2D eigenvalue weighted by Crippen LogP contribution is -2.24. The standard InChI is InChI=1S/C12H14N2O2S/c1-6-8-5-17-12(2,3)4-7(8)9-10(13-6)16-11(15)14-9/h4-5H2,1-3H3,(H,14,15). The van der Waals surface area contributed by atoms with E-state index >= 15 is 0 Å². The Balaban J connectivity index is 2.34. The third-order valence-electron chi connectivity index (χ3n) is 3.21. The predicted molar refractivity (Wildman–Crippen MR) is 68.4 cm³/mol. The largest absolute Gasteiger partial charge is 0.418 e. The lowest BCUT2D eigenvalue weighted by molar-refractivity contribution is 0.544. The Morgan fingerprint density at radius 1 is 1.41 bits per heavy atom. The van der Waals surface area contributed by atoms with E-state index in [4.69, 9.17) is 4.42 Å². The number of oxazole rings is 1. The number of thioether (sulfide) groups is 1. The topological polar surface area (TPSA) is 58.9 Å². The maximum atomic E-state index is 11.3. The molecule has 0 atom stereocenters. The first-order valence-electron chi connectivity index (χ1n) is 5.61. The van der Waals surface area contributed by atoms with Crippen molar-refractivity contribution in [3.05, 3.63) is 27.4 Å². The van der Waals surface area contributed by atoms with Gasteiger partial charge >= 0.3 is 5.76 Å². The van der Waals surface area contributed by atoms with Crippen molar-refractivity contribution in [1.82, 2.24) is 9.97 Å². The number of H-pyrrole nitrogens is 1. The van der Waals surface area contributed by atoms with E-state index in [1.165, 1.54) is 11.1 Å². The molecule has 3 heterocycles. The van der Waals surface area contributed by atoms with E-state index in [1.54, 1.807) is 0 Å². The summed E-state index contributed by atoms with van der Waals surface area (Å²) in [5.74, 6) is 0.529. The van der Waals surface area contributed by atoms with Gasteiger partial charge in [0.1, 0.15) is 5.52 Å². The van der Waals surface area contributed by atoms with Crippen molar-refractivity contribution in [1.29, 1.82) is 0 Å². The molecule has 0 saturated carbocycles. The van der Waals surface area contributed by atoms with Gasteiger partial charge in [0.25, 0.3) is 0 Å². The molecule has 0 amide bonds. The number of aromatic amines is 1. The summed E-state index contributed by atoms with van der Waals surface area (Å²) in [7, 11) is 0. The second kappa shape index (κ2) is 3.38. The minimum absolute atomic E-state index is 0.196. The number of hydrogen-bond donors (Lipinski definition) is 1. The highest BCUT2D eigenvalue weighted by Gasteiger charge is 2.29. The van der Waals surface area contributed by atoms with Crippen molar-refractivity contribution in [2.75, 3.05) is 0 Å². The molecular weight excluding hydrogens is 236 g/mol. The molecule has 0 fully saturated rings. The fraction of sp³-hybridized carbons (Fsp3) is 0.500. The second-order valence-electron chi connectivity index (χ2n) is 5.07. The maximum Gasteiger partial charge on any atom is 0.418 e. The van der Waals surface area contributed by atoms with Gasteiger partial charge in [0, 0.05) is 16.2 Å². The van der Waals surface area contributed by atoms with Crippen LogP contribution in [0.15, 0.2) is 9.21 Å². The van der Waals surface area contributed by atoms with Crippen LogP contribution in [0.2, 0.25) is 0 Å². The fourth-order valence-electron chi connectivity index (χ4n) is 2.32. The highest BCUT2D eigenvalue weighted by molar-refractivity contribution is 7.99. The highest BCUT2D eigenvalue weighted by atomic mass is 32.2. The normalized spacial score (nSPS) is 18.3. The Bertz CT molecular complexity index is 654. The van der Waals surface area contributed by atoms with Crippen LogP contribution >= 0.6 is 11.8 Å². The summed E-state index contributed by atoms with van der Waals surface area (Å²) in [4.78, 5) is 18.4. The lowest BCUT2D eigenvalue weighted by Gasteiger charge is -2.31. The molecule has 0 radical (unpaired) electrons. The van der Waals surface area contributed by atoms with E-state index in [0.29, 0.717) is 5.71 Å². The number of aryl methyl sites for hydroxylation is 1. The smallest absolute Gasteiger partial charge is 0.389 e. The van der Waals surface area contributed by atoms with Gasteiger partial charge in [-0.3, -0.25) is 4.98 Å². The van der Waals surface area contributed by atoms with Gasteiger partial charge in [-0.25, -0.2) is 9.78 Å². The van der Waals surface area contributed by atoms with Crippen LogP contribution in [-0.2, 0) is 12.2 Å².